The highest BCUT2D eigenvalue weighted by Gasteiger charge is 2.17. The molecule has 36 heavy (non-hydrogen) atoms. The number of carbonyl (C=O) groups excluding carboxylic acids is 1. The summed E-state index contributed by atoms with van der Waals surface area (Å²) in [5, 5.41) is 3.15. The van der Waals surface area contributed by atoms with Crippen LogP contribution in [-0.2, 0) is 0 Å². The first kappa shape index (κ1) is 24.9. The van der Waals surface area contributed by atoms with E-state index in [0.717, 1.165) is 39.9 Å². The molecule has 0 bridgehead atoms. The lowest BCUT2D eigenvalue weighted by Crippen LogP contribution is -2.27. The molecule has 4 rings (SSSR count). The fraction of sp³-hybridized carbons (Fsp3) is 0.250. The number of carbonyl (C=O) groups is 1. The van der Waals surface area contributed by atoms with E-state index in [-0.39, 0.29) is 11.9 Å². The third-order valence-electron chi connectivity index (χ3n) is 5.85. The van der Waals surface area contributed by atoms with Gasteiger partial charge in [0, 0.05) is 48.0 Å². The second kappa shape index (κ2) is 11.5. The standard InChI is InChI=1S/C28H30N6O2/c1-19-5-6-26(36-8-7-34(3)4)12-27(19)28(35)33-20(2)21-9-22(24-13-29-17-30-14-24)11-23(10-21)25-15-31-18-32-16-25/h5-6,9-18,20H,7-8H2,1-4H3,(H,33,35)/t20-/m1/s1. The van der Waals surface area contributed by atoms with E-state index in [0.29, 0.717) is 17.9 Å². The van der Waals surface area contributed by atoms with Gasteiger partial charge in [-0.1, -0.05) is 6.07 Å². The van der Waals surface area contributed by atoms with Crippen molar-refractivity contribution in [1.82, 2.24) is 30.2 Å². The van der Waals surface area contributed by atoms with Crippen molar-refractivity contribution in [2.45, 2.75) is 19.9 Å². The zero-order chi connectivity index (χ0) is 25.5. The molecule has 2 aromatic carbocycles. The smallest absolute Gasteiger partial charge is 0.252 e. The molecule has 0 saturated carbocycles. The van der Waals surface area contributed by atoms with Gasteiger partial charge < -0.3 is 15.0 Å². The fourth-order valence-corrected chi connectivity index (χ4v) is 3.77. The number of aromatic nitrogens is 4. The van der Waals surface area contributed by atoms with Gasteiger partial charge in [0.2, 0.25) is 0 Å². The van der Waals surface area contributed by atoms with Gasteiger partial charge in [-0.05, 0) is 80.5 Å². The number of nitrogens with zero attached hydrogens (tertiary/aromatic N) is 5. The van der Waals surface area contributed by atoms with Crippen molar-refractivity contribution < 1.29 is 9.53 Å². The van der Waals surface area contributed by atoms with E-state index >= 15 is 0 Å². The maximum Gasteiger partial charge on any atom is 0.252 e. The first-order valence-corrected chi connectivity index (χ1v) is 11.8. The zero-order valence-electron chi connectivity index (χ0n) is 21.0. The van der Waals surface area contributed by atoms with Crippen LogP contribution in [0.1, 0.15) is 34.5 Å². The number of likely N-dealkylation sites (N-methyl/N-ethyl adjacent to an activating group) is 1. The number of ether oxygens (including phenoxy) is 1. The molecular formula is C28H30N6O2. The van der Waals surface area contributed by atoms with E-state index in [1.54, 1.807) is 30.9 Å². The summed E-state index contributed by atoms with van der Waals surface area (Å²) in [5.74, 6) is 0.522. The minimum atomic E-state index is -0.261. The lowest BCUT2D eigenvalue weighted by Gasteiger charge is -2.18. The molecule has 0 unspecified atom stereocenters. The van der Waals surface area contributed by atoms with E-state index in [2.05, 4.69) is 30.2 Å². The molecular weight excluding hydrogens is 452 g/mol. The number of rotatable bonds is 9. The Morgan fingerprint density at radius 1 is 0.889 bits per heavy atom. The Balaban J connectivity index is 1.60. The summed E-state index contributed by atoms with van der Waals surface area (Å²) < 4.78 is 5.84. The van der Waals surface area contributed by atoms with E-state index in [9.17, 15) is 4.79 Å². The number of hydrogen-bond acceptors (Lipinski definition) is 7. The molecule has 1 amide bonds. The zero-order valence-corrected chi connectivity index (χ0v) is 21.0. The highest BCUT2D eigenvalue weighted by Crippen LogP contribution is 2.30. The van der Waals surface area contributed by atoms with Crippen LogP contribution in [0.2, 0.25) is 0 Å². The van der Waals surface area contributed by atoms with Crippen LogP contribution >= 0.6 is 0 Å². The number of benzene rings is 2. The van der Waals surface area contributed by atoms with Crippen LogP contribution in [0.4, 0.5) is 0 Å². The van der Waals surface area contributed by atoms with Crippen LogP contribution < -0.4 is 10.1 Å². The molecule has 0 spiro atoms. The van der Waals surface area contributed by atoms with Crippen LogP contribution in [0.3, 0.4) is 0 Å². The molecule has 0 aliphatic heterocycles. The summed E-state index contributed by atoms with van der Waals surface area (Å²) in [7, 11) is 3.99. The minimum Gasteiger partial charge on any atom is -0.492 e. The van der Waals surface area contributed by atoms with Gasteiger partial charge in [-0.3, -0.25) is 4.79 Å². The molecule has 2 heterocycles. The molecule has 2 aromatic heterocycles. The Bertz CT molecular complexity index is 1250. The Labute approximate surface area is 211 Å². The Kier molecular flexibility index (Phi) is 7.97. The number of amides is 1. The first-order chi connectivity index (χ1) is 17.4. The Morgan fingerprint density at radius 2 is 1.47 bits per heavy atom. The van der Waals surface area contributed by atoms with Gasteiger partial charge in [-0.25, -0.2) is 19.9 Å². The van der Waals surface area contributed by atoms with Gasteiger partial charge in [0.1, 0.15) is 25.0 Å². The largest absolute Gasteiger partial charge is 0.492 e. The number of aryl methyl sites for hydroxylation is 1. The predicted octanol–water partition coefficient (Wildman–Crippen LogP) is 4.34. The third kappa shape index (κ3) is 6.28. The van der Waals surface area contributed by atoms with E-state index in [1.165, 1.54) is 12.7 Å². The van der Waals surface area contributed by atoms with Crippen LogP contribution in [-0.4, -0.2) is 58.0 Å². The predicted molar refractivity (Wildman–Crippen MR) is 140 cm³/mol. The van der Waals surface area contributed by atoms with Gasteiger partial charge in [0.25, 0.3) is 5.91 Å². The third-order valence-corrected chi connectivity index (χ3v) is 5.85. The molecule has 0 aliphatic carbocycles. The maximum atomic E-state index is 13.3. The maximum absolute atomic E-state index is 13.3. The van der Waals surface area contributed by atoms with Gasteiger partial charge in [0.15, 0.2) is 0 Å². The molecule has 0 radical (unpaired) electrons. The summed E-state index contributed by atoms with van der Waals surface area (Å²) >= 11 is 0. The normalized spacial score (nSPS) is 11.8. The highest BCUT2D eigenvalue weighted by molar-refractivity contribution is 5.96. The van der Waals surface area contributed by atoms with E-state index in [4.69, 9.17) is 4.74 Å². The first-order valence-electron chi connectivity index (χ1n) is 11.8. The molecule has 8 nitrogen and oxygen atoms in total. The molecule has 1 N–H and O–H groups in total. The molecule has 0 aliphatic rings. The average molecular weight is 483 g/mol. The summed E-state index contributed by atoms with van der Waals surface area (Å²) in [4.78, 5) is 31.9. The van der Waals surface area contributed by atoms with E-state index in [1.807, 2.05) is 58.3 Å². The molecule has 0 fully saturated rings. The molecule has 8 heteroatoms. The SMILES string of the molecule is Cc1ccc(OCCN(C)C)cc1C(=O)N[C@H](C)c1cc(-c2cncnc2)cc(-c2cncnc2)c1. The summed E-state index contributed by atoms with van der Waals surface area (Å²) in [6.45, 7) is 5.24. The monoisotopic (exact) mass is 482 g/mol. The van der Waals surface area contributed by atoms with Crippen molar-refractivity contribution in [1.29, 1.82) is 0 Å². The quantitative estimate of drug-likeness (QED) is 0.379. The van der Waals surface area contributed by atoms with Crippen molar-refractivity contribution in [3.63, 3.8) is 0 Å². The lowest BCUT2D eigenvalue weighted by atomic mass is 9.95. The Morgan fingerprint density at radius 3 is 2.03 bits per heavy atom. The second-order valence-corrected chi connectivity index (χ2v) is 8.92. The van der Waals surface area contributed by atoms with Crippen molar-refractivity contribution in [3.8, 4) is 28.0 Å². The van der Waals surface area contributed by atoms with Gasteiger partial charge in [-0.2, -0.15) is 0 Å². The lowest BCUT2D eigenvalue weighted by molar-refractivity contribution is 0.0938. The minimum absolute atomic E-state index is 0.156. The molecule has 4 aromatic rings. The fourth-order valence-electron chi connectivity index (χ4n) is 3.77. The van der Waals surface area contributed by atoms with E-state index < -0.39 is 0 Å². The molecule has 0 saturated heterocycles. The molecule has 1 atom stereocenters. The van der Waals surface area contributed by atoms with Crippen molar-refractivity contribution in [2.24, 2.45) is 0 Å². The van der Waals surface area contributed by atoms with Crippen molar-refractivity contribution in [2.75, 3.05) is 27.2 Å². The van der Waals surface area contributed by atoms with Gasteiger partial charge in [0.05, 0.1) is 6.04 Å². The van der Waals surface area contributed by atoms with Crippen LogP contribution in [0.25, 0.3) is 22.3 Å². The van der Waals surface area contributed by atoms with Crippen molar-refractivity contribution >= 4 is 5.91 Å². The number of nitrogens with one attached hydrogen (secondary N) is 1. The van der Waals surface area contributed by atoms with Crippen LogP contribution in [0.15, 0.2) is 73.8 Å². The van der Waals surface area contributed by atoms with Gasteiger partial charge in [-0.15, -0.1) is 0 Å². The number of hydrogen-bond donors (Lipinski definition) is 1. The van der Waals surface area contributed by atoms with Gasteiger partial charge >= 0.3 is 0 Å². The summed E-state index contributed by atoms with van der Waals surface area (Å²) in [6.07, 6.45) is 10.1. The highest BCUT2D eigenvalue weighted by atomic mass is 16.5. The summed E-state index contributed by atoms with van der Waals surface area (Å²) in [5.41, 5.74) is 6.08. The average Bonchev–Trinajstić information content (AvgIpc) is 2.90. The van der Waals surface area contributed by atoms with Crippen molar-refractivity contribution in [3.05, 3.63) is 90.5 Å². The van der Waals surface area contributed by atoms with Crippen LogP contribution in [0.5, 0.6) is 5.75 Å². The Hall–Kier alpha value is -4.17. The second-order valence-electron chi connectivity index (χ2n) is 8.92. The molecule has 184 valence electrons. The topological polar surface area (TPSA) is 93.1 Å². The summed E-state index contributed by atoms with van der Waals surface area (Å²) in [6, 6.07) is 11.5. The van der Waals surface area contributed by atoms with Crippen LogP contribution in [0, 0.1) is 6.92 Å².